The zero-order chi connectivity index (χ0) is 21.4. The van der Waals surface area contributed by atoms with Gasteiger partial charge in [-0.2, -0.15) is 0 Å². The topological polar surface area (TPSA) is 66.9 Å². The molecule has 1 amide bonds. The molecule has 2 heterocycles. The fourth-order valence-corrected chi connectivity index (χ4v) is 3.69. The number of benzene rings is 1. The van der Waals surface area contributed by atoms with Gasteiger partial charge in [0.25, 0.3) is 0 Å². The molecule has 6 heteroatoms. The molecule has 0 bridgehead atoms. The molecule has 1 aliphatic heterocycles. The van der Waals surface area contributed by atoms with Crippen molar-refractivity contribution in [2.75, 3.05) is 0 Å². The molecule has 5 nitrogen and oxygen atoms in total. The summed E-state index contributed by atoms with van der Waals surface area (Å²) < 4.78 is 13.9. The second-order valence-electron chi connectivity index (χ2n) is 9.89. The number of rotatable bonds is 3. The number of halogens is 1. The zero-order valence-electron chi connectivity index (χ0n) is 18.1. The molecule has 1 aliphatic rings. The number of nitrogens with zero attached hydrogens (tertiary/aromatic N) is 2. The monoisotopic (exact) mass is 398 g/mol. The van der Waals surface area contributed by atoms with Gasteiger partial charge >= 0.3 is 0 Å². The lowest BCUT2D eigenvalue weighted by Gasteiger charge is -2.23. The molecule has 0 unspecified atom stereocenters. The number of hydrogen-bond acceptors (Lipinski definition) is 4. The average Bonchev–Trinajstić information content (AvgIpc) is 3.05. The van der Waals surface area contributed by atoms with Crippen LogP contribution in [0.25, 0.3) is 0 Å². The summed E-state index contributed by atoms with van der Waals surface area (Å²) in [5.41, 5.74) is 1.19. The Morgan fingerprint density at radius 1 is 1.17 bits per heavy atom. The van der Waals surface area contributed by atoms with E-state index in [0.29, 0.717) is 6.42 Å². The minimum atomic E-state index is -0.374. The third kappa shape index (κ3) is 5.18. The van der Waals surface area contributed by atoms with Crippen LogP contribution in [-0.2, 0) is 10.2 Å². The van der Waals surface area contributed by atoms with E-state index in [1.54, 1.807) is 12.3 Å². The number of carbonyl (C=O) groups is 1. The Balaban J connectivity index is 1.96. The maximum Gasteiger partial charge on any atom is 0.237 e. The van der Waals surface area contributed by atoms with Crippen molar-refractivity contribution in [1.82, 2.24) is 20.6 Å². The lowest BCUT2D eigenvalue weighted by molar-refractivity contribution is -0.124. The van der Waals surface area contributed by atoms with Gasteiger partial charge in [-0.3, -0.25) is 10.1 Å². The third-order valence-corrected chi connectivity index (χ3v) is 5.02. The van der Waals surface area contributed by atoms with Gasteiger partial charge in [-0.25, -0.2) is 14.4 Å². The van der Waals surface area contributed by atoms with E-state index in [-0.39, 0.29) is 40.7 Å². The van der Waals surface area contributed by atoms with E-state index in [1.807, 2.05) is 32.9 Å². The van der Waals surface area contributed by atoms with Gasteiger partial charge in [-0.05, 0) is 51.0 Å². The van der Waals surface area contributed by atoms with E-state index in [9.17, 15) is 9.18 Å². The highest BCUT2D eigenvalue weighted by Crippen LogP contribution is 2.40. The van der Waals surface area contributed by atoms with E-state index in [2.05, 4.69) is 36.4 Å². The van der Waals surface area contributed by atoms with Gasteiger partial charge in [0.05, 0.1) is 6.04 Å². The summed E-state index contributed by atoms with van der Waals surface area (Å²) in [6.45, 7) is 12.1. The molecule has 29 heavy (non-hydrogen) atoms. The first-order chi connectivity index (χ1) is 13.4. The molecule has 156 valence electrons. The summed E-state index contributed by atoms with van der Waals surface area (Å²) in [6.07, 6.45) is 2.36. The SMILES string of the molecule is CC(C)(C)NC(=O)[C@@H]1C[C@H](c2ccnc(C(C)(C)C)n2)[C@H](c2cccc(F)c2)N1. The Hall–Kier alpha value is -2.34. The molecule has 0 radical (unpaired) electrons. The highest BCUT2D eigenvalue weighted by molar-refractivity contribution is 5.83. The van der Waals surface area contributed by atoms with Gasteiger partial charge in [-0.15, -0.1) is 0 Å². The van der Waals surface area contributed by atoms with E-state index >= 15 is 0 Å². The fraction of sp³-hybridized carbons (Fsp3) is 0.522. The summed E-state index contributed by atoms with van der Waals surface area (Å²) in [5.74, 6) is 0.363. The van der Waals surface area contributed by atoms with Crippen LogP contribution < -0.4 is 10.6 Å². The molecule has 3 atom stereocenters. The lowest BCUT2D eigenvalue weighted by Crippen LogP contribution is -2.48. The first-order valence-corrected chi connectivity index (χ1v) is 10.1. The zero-order valence-corrected chi connectivity index (χ0v) is 18.1. The first kappa shape index (κ1) is 21.4. The van der Waals surface area contributed by atoms with Gasteiger partial charge < -0.3 is 5.32 Å². The van der Waals surface area contributed by atoms with Gasteiger partial charge in [0, 0.05) is 34.8 Å². The van der Waals surface area contributed by atoms with Gasteiger partial charge in [0.15, 0.2) is 0 Å². The second kappa shape index (κ2) is 7.82. The van der Waals surface area contributed by atoms with Gasteiger partial charge in [-0.1, -0.05) is 32.9 Å². The van der Waals surface area contributed by atoms with Crippen molar-refractivity contribution >= 4 is 5.91 Å². The Morgan fingerprint density at radius 2 is 1.90 bits per heavy atom. The van der Waals surface area contributed by atoms with Crippen LogP contribution in [0.15, 0.2) is 36.5 Å². The molecule has 2 aromatic rings. The molecule has 1 fully saturated rings. The lowest BCUT2D eigenvalue weighted by atomic mass is 9.89. The minimum absolute atomic E-state index is 0.0495. The fourth-order valence-electron chi connectivity index (χ4n) is 3.69. The standard InChI is InChI=1S/C23H31FN4O/c1-22(2,3)21-25-11-10-17(27-21)16-13-18(20(29)28-23(4,5)6)26-19(16)14-8-7-9-15(24)12-14/h7-12,16,18-19,26H,13H2,1-6H3,(H,28,29)/t16-,18+,19+/m1/s1. The number of amides is 1. The number of carbonyl (C=O) groups excluding carboxylic acids is 1. The second-order valence-corrected chi connectivity index (χ2v) is 9.89. The molecule has 1 aromatic carbocycles. The van der Waals surface area contributed by atoms with Gasteiger partial charge in [0.2, 0.25) is 5.91 Å². The normalized spacial score (nSPS) is 22.5. The quantitative estimate of drug-likeness (QED) is 0.820. The van der Waals surface area contributed by atoms with Crippen LogP contribution in [0.5, 0.6) is 0 Å². The van der Waals surface area contributed by atoms with E-state index < -0.39 is 0 Å². The Bertz CT molecular complexity index is 885. The van der Waals surface area contributed by atoms with Gasteiger partial charge in [0.1, 0.15) is 11.6 Å². The molecule has 3 rings (SSSR count). The smallest absolute Gasteiger partial charge is 0.237 e. The van der Waals surface area contributed by atoms with Crippen LogP contribution in [0.2, 0.25) is 0 Å². The van der Waals surface area contributed by atoms with Crippen molar-refractivity contribution in [3.63, 3.8) is 0 Å². The largest absolute Gasteiger partial charge is 0.350 e. The Morgan fingerprint density at radius 3 is 2.52 bits per heavy atom. The van der Waals surface area contributed by atoms with E-state index in [4.69, 9.17) is 4.98 Å². The summed E-state index contributed by atoms with van der Waals surface area (Å²) in [5, 5.41) is 6.47. The summed E-state index contributed by atoms with van der Waals surface area (Å²) >= 11 is 0. The third-order valence-electron chi connectivity index (χ3n) is 5.02. The number of aromatic nitrogens is 2. The molecular formula is C23H31FN4O. The number of hydrogen-bond donors (Lipinski definition) is 2. The van der Waals surface area contributed by atoms with Crippen molar-refractivity contribution in [3.05, 3.63) is 59.4 Å². The maximum atomic E-state index is 13.9. The van der Waals surface area contributed by atoms with Crippen molar-refractivity contribution in [1.29, 1.82) is 0 Å². The van der Waals surface area contributed by atoms with Crippen LogP contribution in [0, 0.1) is 5.82 Å². The van der Waals surface area contributed by atoms with Crippen molar-refractivity contribution in [2.45, 2.75) is 76.9 Å². The van der Waals surface area contributed by atoms with E-state index in [1.165, 1.54) is 12.1 Å². The van der Waals surface area contributed by atoms with Crippen LogP contribution in [0.4, 0.5) is 4.39 Å². The Kier molecular flexibility index (Phi) is 5.77. The van der Waals surface area contributed by atoms with Crippen LogP contribution >= 0.6 is 0 Å². The summed E-state index contributed by atoms with van der Waals surface area (Å²) in [7, 11) is 0. The molecular weight excluding hydrogens is 367 g/mol. The minimum Gasteiger partial charge on any atom is -0.350 e. The summed E-state index contributed by atoms with van der Waals surface area (Å²) in [6, 6.07) is 7.87. The number of nitrogens with one attached hydrogen (secondary N) is 2. The molecule has 0 aliphatic carbocycles. The highest BCUT2D eigenvalue weighted by atomic mass is 19.1. The highest BCUT2D eigenvalue weighted by Gasteiger charge is 2.40. The van der Waals surface area contributed by atoms with Crippen LogP contribution in [0.1, 0.15) is 77.0 Å². The molecule has 1 aromatic heterocycles. The average molecular weight is 399 g/mol. The first-order valence-electron chi connectivity index (χ1n) is 10.1. The maximum absolute atomic E-state index is 13.9. The Labute approximate surface area is 172 Å². The predicted octanol–water partition coefficient (Wildman–Crippen LogP) is 4.01. The van der Waals surface area contributed by atoms with Crippen LogP contribution in [-0.4, -0.2) is 27.5 Å². The van der Waals surface area contributed by atoms with Crippen molar-refractivity contribution < 1.29 is 9.18 Å². The molecule has 1 saturated heterocycles. The van der Waals surface area contributed by atoms with Crippen molar-refractivity contribution in [2.24, 2.45) is 0 Å². The molecule has 0 saturated carbocycles. The molecule has 0 spiro atoms. The van der Waals surface area contributed by atoms with E-state index in [0.717, 1.165) is 17.1 Å². The summed E-state index contributed by atoms with van der Waals surface area (Å²) in [4.78, 5) is 22.1. The predicted molar refractivity (Wildman–Crippen MR) is 112 cm³/mol. The molecule has 2 N–H and O–H groups in total. The van der Waals surface area contributed by atoms with Crippen molar-refractivity contribution in [3.8, 4) is 0 Å². The van der Waals surface area contributed by atoms with Crippen LogP contribution in [0.3, 0.4) is 0 Å².